The second kappa shape index (κ2) is 4.91. The Labute approximate surface area is 121 Å². The number of likely N-dealkylation sites (N-methyl/N-ethyl adjacent to an activating group) is 1. The molecule has 0 amide bonds. The summed E-state index contributed by atoms with van der Waals surface area (Å²) in [5, 5.41) is 0. The van der Waals surface area contributed by atoms with Crippen molar-refractivity contribution in [2.24, 2.45) is 0 Å². The molecule has 19 heavy (non-hydrogen) atoms. The molecular weight excluding hydrogens is 302 g/mol. The third-order valence-electron chi connectivity index (χ3n) is 3.63. The first kappa shape index (κ1) is 12.6. The predicted molar refractivity (Wildman–Crippen MR) is 79.2 cm³/mol. The van der Waals surface area contributed by atoms with Crippen LogP contribution in [0.5, 0.6) is 0 Å². The number of rotatable bonds is 3. The van der Waals surface area contributed by atoms with E-state index in [1.807, 2.05) is 49.5 Å². The van der Waals surface area contributed by atoms with E-state index < -0.39 is 0 Å². The minimum atomic E-state index is -0.0245. The van der Waals surface area contributed by atoms with Crippen molar-refractivity contribution in [3.63, 3.8) is 0 Å². The number of carbonyl (C=O) groups is 1. The van der Waals surface area contributed by atoms with Crippen LogP contribution < -0.4 is 0 Å². The minimum Gasteiger partial charge on any atom is -0.292 e. The summed E-state index contributed by atoms with van der Waals surface area (Å²) in [7, 11) is 2.00. The molecule has 0 saturated carbocycles. The molecule has 3 atom stereocenters. The highest BCUT2D eigenvalue weighted by molar-refractivity contribution is 9.10. The van der Waals surface area contributed by atoms with Gasteiger partial charge in [-0.2, -0.15) is 0 Å². The van der Waals surface area contributed by atoms with Crippen LogP contribution in [0.25, 0.3) is 0 Å². The van der Waals surface area contributed by atoms with Crippen LogP contribution in [0.3, 0.4) is 0 Å². The van der Waals surface area contributed by atoms with Crippen LogP contribution in [0.1, 0.15) is 22.0 Å². The zero-order chi connectivity index (χ0) is 13.4. The molecule has 1 aliphatic rings. The molecule has 0 bridgehead atoms. The van der Waals surface area contributed by atoms with E-state index in [1.54, 1.807) is 0 Å². The normalized spacial score (nSPS) is 25.1. The average Bonchev–Trinajstić information content (AvgIpc) is 3.11. The van der Waals surface area contributed by atoms with Gasteiger partial charge in [0.25, 0.3) is 0 Å². The van der Waals surface area contributed by atoms with E-state index in [4.69, 9.17) is 0 Å². The van der Waals surface area contributed by atoms with Crippen molar-refractivity contribution in [3.8, 4) is 0 Å². The number of halogens is 1. The molecule has 0 aliphatic carbocycles. The van der Waals surface area contributed by atoms with Crippen LogP contribution in [-0.4, -0.2) is 23.8 Å². The van der Waals surface area contributed by atoms with Crippen LogP contribution in [0.15, 0.2) is 59.1 Å². The molecule has 1 unspecified atom stereocenters. The number of hydrogen-bond acceptors (Lipinski definition) is 2. The van der Waals surface area contributed by atoms with Crippen molar-refractivity contribution in [2.75, 3.05) is 7.05 Å². The second-order valence-corrected chi connectivity index (χ2v) is 5.75. The SMILES string of the molecule is CN1[C@H](C(=O)c2ccccc2)[C@H]1c1ccc(Br)cc1. The monoisotopic (exact) mass is 315 g/mol. The molecule has 0 radical (unpaired) electrons. The van der Waals surface area contributed by atoms with Crippen molar-refractivity contribution in [2.45, 2.75) is 12.1 Å². The number of hydrogen-bond donors (Lipinski definition) is 0. The van der Waals surface area contributed by atoms with Gasteiger partial charge in [0.1, 0.15) is 0 Å². The lowest BCUT2D eigenvalue weighted by molar-refractivity contribution is 0.0977. The van der Waals surface area contributed by atoms with Gasteiger partial charge in [-0.1, -0.05) is 58.4 Å². The minimum absolute atomic E-state index is 0.0245. The Bertz CT molecular complexity index is 594. The second-order valence-electron chi connectivity index (χ2n) is 4.84. The molecule has 2 aromatic carbocycles. The highest BCUT2D eigenvalue weighted by atomic mass is 79.9. The lowest BCUT2D eigenvalue weighted by Crippen LogP contribution is -2.11. The first-order chi connectivity index (χ1) is 9.18. The number of ketones is 1. The van der Waals surface area contributed by atoms with Crippen LogP contribution in [-0.2, 0) is 0 Å². The van der Waals surface area contributed by atoms with Gasteiger partial charge >= 0.3 is 0 Å². The number of Topliss-reactive ketones (excluding diaryl/α,β-unsaturated/α-hetero) is 1. The molecular formula is C16H14BrNO. The van der Waals surface area contributed by atoms with E-state index >= 15 is 0 Å². The maximum absolute atomic E-state index is 12.4. The van der Waals surface area contributed by atoms with Gasteiger partial charge in [-0.15, -0.1) is 0 Å². The van der Waals surface area contributed by atoms with Crippen molar-refractivity contribution in [3.05, 3.63) is 70.2 Å². The molecule has 1 saturated heterocycles. The summed E-state index contributed by atoms with van der Waals surface area (Å²) in [4.78, 5) is 14.5. The number of nitrogens with zero attached hydrogens (tertiary/aromatic N) is 1. The van der Waals surface area contributed by atoms with Crippen molar-refractivity contribution in [1.29, 1.82) is 0 Å². The molecule has 3 rings (SSSR count). The average molecular weight is 316 g/mol. The summed E-state index contributed by atoms with van der Waals surface area (Å²) in [5.74, 6) is 0.205. The fourth-order valence-corrected chi connectivity index (χ4v) is 2.78. The molecule has 3 heteroatoms. The molecule has 1 heterocycles. The topological polar surface area (TPSA) is 20.1 Å². The quantitative estimate of drug-likeness (QED) is 0.636. The van der Waals surface area contributed by atoms with E-state index in [9.17, 15) is 4.79 Å². The maximum Gasteiger partial charge on any atom is 0.181 e. The smallest absolute Gasteiger partial charge is 0.181 e. The van der Waals surface area contributed by atoms with Crippen LogP contribution in [0.4, 0.5) is 0 Å². The maximum atomic E-state index is 12.4. The van der Waals surface area contributed by atoms with E-state index in [1.165, 1.54) is 5.56 Å². The Hall–Kier alpha value is -1.45. The standard InChI is InChI=1S/C16H14BrNO/c1-18-14(11-7-9-13(17)10-8-11)15(18)16(19)12-5-3-2-4-6-12/h2-10,14-15H,1H3/t14-,15+,18?/m1/s1. The van der Waals surface area contributed by atoms with Gasteiger partial charge in [-0.25, -0.2) is 0 Å². The molecule has 2 nitrogen and oxygen atoms in total. The van der Waals surface area contributed by atoms with Gasteiger partial charge in [0.2, 0.25) is 0 Å². The predicted octanol–water partition coefficient (Wildman–Crippen LogP) is 3.69. The Kier molecular flexibility index (Phi) is 3.25. The van der Waals surface area contributed by atoms with Gasteiger partial charge < -0.3 is 0 Å². The first-order valence-corrected chi connectivity index (χ1v) is 7.04. The Morgan fingerprint density at radius 1 is 1.05 bits per heavy atom. The summed E-state index contributed by atoms with van der Waals surface area (Å²) >= 11 is 3.43. The van der Waals surface area contributed by atoms with E-state index in [2.05, 4.69) is 33.0 Å². The summed E-state index contributed by atoms with van der Waals surface area (Å²) in [6.45, 7) is 0. The first-order valence-electron chi connectivity index (χ1n) is 6.25. The molecule has 0 aromatic heterocycles. The van der Waals surface area contributed by atoms with Crippen molar-refractivity contribution < 1.29 is 4.79 Å². The molecule has 2 aromatic rings. The van der Waals surface area contributed by atoms with E-state index in [0.29, 0.717) is 0 Å². The van der Waals surface area contributed by atoms with Gasteiger partial charge in [-0.05, 0) is 24.7 Å². The van der Waals surface area contributed by atoms with Crippen molar-refractivity contribution in [1.82, 2.24) is 4.90 Å². The highest BCUT2D eigenvalue weighted by Crippen LogP contribution is 2.43. The zero-order valence-electron chi connectivity index (χ0n) is 10.6. The Morgan fingerprint density at radius 3 is 2.32 bits per heavy atom. The molecule has 0 spiro atoms. The molecule has 0 N–H and O–H groups in total. The van der Waals surface area contributed by atoms with Gasteiger partial charge in [0.05, 0.1) is 12.1 Å². The van der Waals surface area contributed by atoms with Crippen LogP contribution >= 0.6 is 15.9 Å². The van der Waals surface area contributed by atoms with E-state index in [0.717, 1.165) is 10.0 Å². The number of carbonyl (C=O) groups excluding carboxylic acids is 1. The Morgan fingerprint density at radius 2 is 1.68 bits per heavy atom. The molecule has 1 fully saturated rings. The van der Waals surface area contributed by atoms with Gasteiger partial charge in [-0.3, -0.25) is 9.69 Å². The summed E-state index contributed by atoms with van der Waals surface area (Å²) in [5.41, 5.74) is 1.99. The third-order valence-corrected chi connectivity index (χ3v) is 4.15. The largest absolute Gasteiger partial charge is 0.292 e. The fraction of sp³-hybridized carbons (Fsp3) is 0.188. The lowest BCUT2D eigenvalue weighted by Gasteiger charge is -1.99. The summed E-state index contributed by atoms with van der Waals surface area (Å²) < 4.78 is 1.06. The van der Waals surface area contributed by atoms with Crippen molar-refractivity contribution >= 4 is 21.7 Å². The van der Waals surface area contributed by atoms with Gasteiger partial charge in [0.15, 0.2) is 5.78 Å². The van der Waals surface area contributed by atoms with Gasteiger partial charge in [0, 0.05) is 10.0 Å². The molecule has 96 valence electrons. The fourth-order valence-electron chi connectivity index (χ4n) is 2.52. The number of benzene rings is 2. The third kappa shape index (κ3) is 2.36. The lowest BCUT2D eigenvalue weighted by atomic mass is 10.0. The van der Waals surface area contributed by atoms with E-state index in [-0.39, 0.29) is 17.9 Å². The zero-order valence-corrected chi connectivity index (χ0v) is 12.2. The van der Waals surface area contributed by atoms with Crippen LogP contribution in [0, 0.1) is 0 Å². The van der Waals surface area contributed by atoms with Crippen LogP contribution in [0.2, 0.25) is 0 Å². The summed E-state index contributed by atoms with van der Waals surface area (Å²) in [6.07, 6.45) is 0. The summed E-state index contributed by atoms with van der Waals surface area (Å²) in [6, 6.07) is 17.9. The molecule has 1 aliphatic heterocycles. The Balaban J connectivity index is 1.81. The highest BCUT2D eigenvalue weighted by Gasteiger charge is 2.50.